The van der Waals surface area contributed by atoms with Crippen LogP contribution in [0.4, 0.5) is 13.2 Å². The lowest BCUT2D eigenvalue weighted by molar-refractivity contribution is -0.274. The fourth-order valence-electron chi connectivity index (χ4n) is 2.29. The van der Waals surface area contributed by atoms with E-state index in [1.165, 1.54) is 48.8 Å². The van der Waals surface area contributed by atoms with Crippen molar-refractivity contribution >= 4 is 11.8 Å². The van der Waals surface area contributed by atoms with E-state index in [1.807, 2.05) is 0 Å². The first-order valence-corrected chi connectivity index (χ1v) is 8.50. The van der Waals surface area contributed by atoms with E-state index < -0.39 is 30.3 Å². The minimum absolute atomic E-state index is 0. The summed E-state index contributed by atoms with van der Waals surface area (Å²) in [5, 5.41) is 20.5. The summed E-state index contributed by atoms with van der Waals surface area (Å²) in [5.74, 6) is 3.60. The number of hydrogen-bond acceptors (Lipinski definition) is 5. The number of ether oxygens (including phenoxy) is 1. The van der Waals surface area contributed by atoms with Gasteiger partial charge in [0.1, 0.15) is 11.8 Å². The third kappa shape index (κ3) is 8.00. The number of alkyl halides is 3. The monoisotopic (exact) mass is 438 g/mol. The van der Waals surface area contributed by atoms with Crippen LogP contribution in [0.3, 0.4) is 0 Å². The van der Waals surface area contributed by atoms with Crippen molar-refractivity contribution in [3.8, 4) is 17.6 Å². The Morgan fingerprint density at radius 3 is 1.90 bits per heavy atom. The number of carbonyl (C=O) groups is 2. The molecule has 0 aliphatic heterocycles. The van der Waals surface area contributed by atoms with Crippen molar-refractivity contribution in [3.63, 3.8) is 0 Å². The maximum Gasteiger partial charge on any atom is 0.573 e. The van der Waals surface area contributed by atoms with E-state index in [9.17, 15) is 27.9 Å². The molecule has 2 aromatic carbocycles. The van der Waals surface area contributed by atoms with Crippen molar-refractivity contribution in [2.75, 3.05) is 0 Å². The molecule has 2 atom stereocenters. The molecule has 2 rings (SSSR count). The quantitative estimate of drug-likeness (QED) is 0.326. The maximum absolute atomic E-state index is 12.2. The molecular weight excluding hydrogens is 417 g/mol. The normalized spacial score (nSPS) is 12.3. The summed E-state index contributed by atoms with van der Waals surface area (Å²) in [5.41, 5.74) is 2.54. The maximum atomic E-state index is 12.2. The number of halogens is 3. The Kier molecular flexibility index (Phi) is 9.05. The zero-order chi connectivity index (χ0) is 22.3. The summed E-state index contributed by atoms with van der Waals surface area (Å²) < 4.78 is 40.2. The van der Waals surface area contributed by atoms with Gasteiger partial charge in [-0.3, -0.25) is 14.8 Å². The second-order valence-corrected chi connectivity index (χ2v) is 6.07. The van der Waals surface area contributed by atoms with Crippen LogP contribution < -0.4 is 15.5 Å². The predicted molar refractivity (Wildman–Crippen MR) is 105 cm³/mol. The average molecular weight is 438 g/mol. The highest BCUT2D eigenvalue weighted by Crippen LogP contribution is 2.22. The van der Waals surface area contributed by atoms with E-state index in [1.54, 1.807) is 0 Å². The van der Waals surface area contributed by atoms with Gasteiger partial charge in [-0.1, -0.05) is 19.3 Å². The lowest BCUT2D eigenvalue weighted by Gasteiger charge is -2.19. The second-order valence-electron chi connectivity index (χ2n) is 6.07. The summed E-state index contributed by atoms with van der Waals surface area (Å²) in [7, 11) is 0. The third-order valence-electron chi connectivity index (χ3n) is 3.75. The SMILES string of the molecule is C.C[C@@H](O)[C@H](NC(=O)c1ccc(C#Cc2ccc(OC(F)(F)F)cc2)cc1)C(=O)NO. The Balaban J connectivity index is 0.00000480. The van der Waals surface area contributed by atoms with Crippen molar-refractivity contribution in [2.24, 2.45) is 0 Å². The van der Waals surface area contributed by atoms with E-state index in [0.29, 0.717) is 11.1 Å². The highest BCUT2D eigenvalue weighted by atomic mass is 19.4. The van der Waals surface area contributed by atoms with Gasteiger partial charge in [0.15, 0.2) is 0 Å². The molecule has 2 amide bonds. The molecule has 2 aromatic rings. The van der Waals surface area contributed by atoms with Gasteiger partial charge in [0.2, 0.25) is 0 Å². The number of nitrogens with one attached hydrogen (secondary N) is 2. The van der Waals surface area contributed by atoms with Gasteiger partial charge in [-0.05, 0) is 55.5 Å². The molecular formula is C21H21F3N2O5. The minimum atomic E-state index is -4.77. The van der Waals surface area contributed by atoms with E-state index in [2.05, 4.69) is 21.9 Å². The van der Waals surface area contributed by atoms with Gasteiger partial charge < -0.3 is 15.2 Å². The van der Waals surface area contributed by atoms with Gasteiger partial charge in [-0.15, -0.1) is 13.2 Å². The van der Waals surface area contributed by atoms with E-state index in [0.717, 1.165) is 12.1 Å². The zero-order valence-corrected chi connectivity index (χ0v) is 15.5. The van der Waals surface area contributed by atoms with Crippen molar-refractivity contribution in [1.82, 2.24) is 10.8 Å². The molecule has 0 aromatic heterocycles. The second kappa shape index (κ2) is 11.0. The smallest absolute Gasteiger partial charge is 0.406 e. The highest BCUT2D eigenvalue weighted by molar-refractivity contribution is 5.97. The van der Waals surface area contributed by atoms with Crippen molar-refractivity contribution in [2.45, 2.75) is 32.9 Å². The Hall–Kier alpha value is -3.55. The molecule has 0 aliphatic rings. The predicted octanol–water partition coefficient (Wildman–Crippen LogP) is 2.61. The van der Waals surface area contributed by atoms with Gasteiger partial charge in [-0.2, -0.15) is 0 Å². The molecule has 0 saturated carbocycles. The Bertz CT molecular complexity index is 946. The van der Waals surface area contributed by atoms with Crippen LogP contribution in [0, 0.1) is 11.8 Å². The van der Waals surface area contributed by atoms with Crippen LogP contribution in [0.5, 0.6) is 5.75 Å². The Morgan fingerprint density at radius 1 is 1.00 bits per heavy atom. The topological polar surface area (TPSA) is 108 Å². The summed E-state index contributed by atoms with van der Waals surface area (Å²) in [6.45, 7) is 1.28. The van der Waals surface area contributed by atoms with Crippen LogP contribution >= 0.6 is 0 Å². The lowest BCUT2D eigenvalue weighted by atomic mass is 10.1. The molecule has 0 unspecified atom stereocenters. The summed E-state index contributed by atoms with van der Waals surface area (Å²) in [4.78, 5) is 23.7. The Morgan fingerprint density at radius 2 is 1.48 bits per heavy atom. The van der Waals surface area contributed by atoms with E-state index in [-0.39, 0.29) is 18.7 Å². The molecule has 0 fully saturated rings. The van der Waals surface area contributed by atoms with Crippen LogP contribution in [0.15, 0.2) is 48.5 Å². The molecule has 0 aliphatic carbocycles. The fraction of sp³-hybridized carbons (Fsp3) is 0.238. The van der Waals surface area contributed by atoms with Gasteiger partial charge in [0.25, 0.3) is 11.8 Å². The van der Waals surface area contributed by atoms with Crippen LogP contribution in [0.1, 0.15) is 35.8 Å². The molecule has 166 valence electrons. The van der Waals surface area contributed by atoms with E-state index in [4.69, 9.17) is 5.21 Å². The van der Waals surface area contributed by atoms with E-state index >= 15 is 0 Å². The van der Waals surface area contributed by atoms with Gasteiger partial charge in [0, 0.05) is 16.7 Å². The number of benzene rings is 2. The average Bonchev–Trinajstić information content (AvgIpc) is 2.69. The van der Waals surface area contributed by atoms with Crippen LogP contribution in [-0.4, -0.2) is 40.6 Å². The van der Waals surface area contributed by atoms with Gasteiger partial charge in [0.05, 0.1) is 6.10 Å². The molecule has 0 bridgehead atoms. The fourth-order valence-corrected chi connectivity index (χ4v) is 2.29. The molecule has 0 saturated heterocycles. The Labute approximate surface area is 176 Å². The zero-order valence-electron chi connectivity index (χ0n) is 15.5. The first-order chi connectivity index (χ1) is 14.1. The number of hydrogen-bond donors (Lipinski definition) is 4. The highest BCUT2D eigenvalue weighted by Gasteiger charge is 2.31. The number of hydroxylamine groups is 1. The van der Waals surface area contributed by atoms with Crippen LogP contribution in [0.2, 0.25) is 0 Å². The summed E-state index contributed by atoms with van der Waals surface area (Å²) >= 11 is 0. The largest absolute Gasteiger partial charge is 0.573 e. The summed E-state index contributed by atoms with van der Waals surface area (Å²) in [6.07, 6.45) is -6.00. The molecule has 10 heteroatoms. The molecule has 0 heterocycles. The number of aliphatic hydroxyl groups excluding tert-OH is 1. The lowest BCUT2D eigenvalue weighted by Crippen LogP contribution is -2.51. The number of amides is 2. The first kappa shape index (κ1) is 25.5. The number of aliphatic hydroxyl groups is 1. The molecule has 0 spiro atoms. The first-order valence-electron chi connectivity index (χ1n) is 8.50. The third-order valence-corrected chi connectivity index (χ3v) is 3.75. The number of carbonyl (C=O) groups excluding carboxylic acids is 2. The van der Waals surface area contributed by atoms with Crippen molar-refractivity contribution < 1.29 is 37.8 Å². The summed E-state index contributed by atoms with van der Waals surface area (Å²) in [6, 6.07) is 9.64. The molecule has 0 radical (unpaired) electrons. The van der Waals surface area contributed by atoms with Crippen LogP contribution in [0.25, 0.3) is 0 Å². The van der Waals surface area contributed by atoms with Gasteiger partial charge >= 0.3 is 6.36 Å². The molecule has 31 heavy (non-hydrogen) atoms. The van der Waals surface area contributed by atoms with Crippen molar-refractivity contribution in [1.29, 1.82) is 0 Å². The number of rotatable bonds is 5. The van der Waals surface area contributed by atoms with Crippen LogP contribution in [-0.2, 0) is 4.79 Å². The molecule has 7 nitrogen and oxygen atoms in total. The van der Waals surface area contributed by atoms with Gasteiger partial charge in [-0.25, -0.2) is 5.48 Å². The van der Waals surface area contributed by atoms with Crippen molar-refractivity contribution in [3.05, 3.63) is 65.2 Å². The minimum Gasteiger partial charge on any atom is -0.406 e. The standard InChI is InChI=1S/C20H17F3N2O5.CH4/c1-12(26)17(19(28)25-29)24-18(27)15-8-4-13(5-9-15)2-3-14-6-10-16(11-7-14)30-20(21,22)23;/h4-12,17,26,29H,1H3,(H,24,27)(H,25,28);1H4/t12-,17+;/m1./s1. The molecule has 4 N–H and O–H groups in total.